The smallest absolute Gasteiger partial charge is 0.0540 e. The molecule has 4 saturated carbocycles. The molecule has 4 rings (SSSR count). The molecule has 0 aromatic rings. The van der Waals surface area contributed by atoms with Gasteiger partial charge < -0.3 is 5.11 Å². The second-order valence-electron chi connectivity index (χ2n) is 10.3. The molecule has 0 amide bonds. The van der Waals surface area contributed by atoms with Gasteiger partial charge in [0.25, 0.3) is 0 Å². The van der Waals surface area contributed by atoms with E-state index in [0.717, 1.165) is 48.3 Å². The molecule has 0 aliphatic heterocycles. The quantitative estimate of drug-likeness (QED) is 0.600. The molecule has 144 valence electrons. The highest BCUT2D eigenvalue weighted by Gasteiger charge is 2.35. The van der Waals surface area contributed by atoms with Gasteiger partial charge in [-0.1, -0.05) is 32.1 Å². The summed E-state index contributed by atoms with van der Waals surface area (Å²) in [6.07, 6.45) is 24.8. The summed E-state index contributed by atoms with van der Waals surface area (Å²) in [6.45, 7) is 0. The first kappa shape index (κ1) is 18.3. The van der Waals surface area contributed by atoms with Crippen molar-refractivity contribution in [2.45, 2.75) is 115 Å². The average molecular weight is 347 g/mol. The minimum Gasteiger partial charge on any atom is -0.393 e. The van der Waals surface area contributed by atoms with E-state index in [1.165, 1.54) is 57.8 Å². The molecule has 0 radical (unpaired) electrons. The molecule has 1 heteroatoms. The zero-order valence-electron chi connectivity index (χ0n) is 16.5. The monoisotopic (exact) mass is 346 g/mol. The lowest BCUT2D eigenvalue weighted by atomic mass is 9.64. The summed E-state index contributed by atoms with van der Waals surface area (Å²) in [5.41, 5.74) is 0. The maximum absolute atomic E-state index is 9.75. The Labute approximate surface area is 156 Å². The summed E-state index contributed by atoms with van der Waals surface area (Å²) >= 11 is 0. The van der Waals surface area contributed by atoms with E-state index in [4.69, 9.17) is 0 Å². The van der Waals surface area contributed by atoms with E-state index >= 15 is 0 Å². The molecular weight excluding hydrogens is 304 g/mol. The normalized spacial score (nSPS) is 44.5. The standard InChI is InChI=1S/C24H42O/c25-24-16-14-23(15-17-24)22-12-10-21(11-13-22)20-8-6-19(7-9-20)18-4-2-1-3-5-18/h18-25H,1-17H2. The molecule has 0 atom stereocenters. The van der Waals surface area contributed by atoms with Crippen molar-refractivity contribution in [3.05, 3.63) is 0 Å². The van der Waals surface area contributed by atoms with Crippen LogP contribution in [0.3, 0.4) is 0 Å². The number of hydrogen-bond acceptors (Lipinski definition) is 1. The second-order valence-corrected chi connectivity index (χ2v) is 10.3. The van der Waals surface area contributed by atoms with E-state index in [1.807, 2.05) is 0 Å². The summed E-state index contributed by atoms with van der Waals surface area (Å²) in [4.78, 5) is 0. The molecule has 0 saturated heterocycles. The highest BCUT2D eigenvalue weighted by molar-refractivity contribution is 4.87. The first-order valence-corrected chi connectivity index (χ1v) is 12.0. The molecule has 0 aromatic carbocycles. The van der Waals surface area contributed by atoms with Crippen LogP contribution in [0.15, 0.2) is 0 Å². The minimum absolute atomic E-state index is 0.0203. The molecular formula is C24H42O. The van der Waals surface area contributed by atoms with Crippen molar-refractivity contribution in [2.24, 2.45) is 35.5 Å². The van der Waals surface area contributed by atoms with Crippen LogP contribution in [0.1, 0.15) is 109 Å². The Morgan fingerprint density at radius 3 is 0.960 bits per heavy atom. The molecule has 0 heterocycles. The third-order valence-electron chi connectivity index (χ3n) is 9.02. The fraction of sp³-hybridized carbons (Fsp3) is 1.00. The van der Waals surface area contributed by atoms with Gasteiger partial charge in [-0.3, -0.25) is 0 Å². The van der Waals surface area contributed by atoms with Gasteiger partial charge in [0.1, 0.15) is 0 Å². The first-order valence-electron chi connectivity index (χ1n) is 12.0. The third-order valence-corrected chi connectivity index (χ3v) is 9.02. The van der Waals surface area contributed by atoms with Crippen LogP contribution in [0.2, 0.25) is 0 Å². The number of aliphatic hydroxyl groups is 1. The van der Waals surface area contributed by atoms with Gasteiger partial charge in [-0.05, 0) is 113 Å². The van der Waals surface area contributed by atoms with Crippen molar-refractivity contribution >= 4 is 0 Å². The molecule has 0 bridgehead atoms. The molecule has 0 spiro atoms. The Kier molecular flexibility index (Phi) is 6.43. The number of aliphatic hydroxyl groups excluding tert-OH is 1. The fourth-order valence-corrected chi connectivity index (χ4v) is 7.35. The highest BCUT2D eigenvalue weighted by Crippen LogP contribution is 2.47. The van der Waals surface area contributed by atoms with Crippen molar-refractivity contribution in [1.82, 2.24) is 0 Å². The zero-order chi connectivity index (χ0) is 17.1. The van der Waals surface area contributed by atoms with Crippen LogP contribution < -0.4 is 0 Å². The van der Waals surface area contributed by atoms with Crippen molar-refractivity contribution < 1.29 is 5.11 Å². The summed E-state index contributed by atoms with van der Waals surface area (Å²) in [5, 5.41) is 9.75. The van der Waals surface area contributed by atoms with E-state index in [1.54, 1.807) is 38.5 Å². The van der Waals surface area contributed by atoms with Crippen LogP contribution in [-0.4, -0.2) is 11.2 Å². The van der Waals surface area contributed by atoms with E-state index < -0.39 is 0 Å². The summed E-state index contributed by atoms with van der Waals surface area (Å²) in [6, 6.07) is 0. The van der Waals surface area contributed by atoms with Crippen molar-refractivity contribution in [3.8, 4) is 0 Å². The van der Waals surface area contributed by atoms with Crippen LogP contribution in [0.4, 0.5) is 0 Å². The average Bonchev–Trinajstić information content (AvgIpc) is 2.70. The highest BCUT2D eigenvalue weighted by atomic mass is 16.3. The van der Waals surface area contributed by atoms with Crippen molar-refractivity contribution in [2.75, 3.05) is 0 Å². The Morgan fingerprint density at radius 1 is 0.320 bits per heavy atom. The largest absolute Gasteiger partial charge is 0.393 e. The van der Waals surface area contributed by atoms with Crippen molar-refractivity contribution in [1.29, 1.82) is 0 Å². The fourth-order valence-electron chi connectivity index (χ4n) is 7.35. The van der Waals surface area contributed by atoms with Crippen LogP contribution in [0.5, 0.6) is 0 Å². The number of rotatable bonds is 3. The Hall–Kier alpha value is -0.0400. The van der Waals surface area contributed by atoms with Gasteiger partial charge in [-0.25, -0.2) is 0 Å². The zero-order valence-corrected chi connectivity index (χ0v) is 16.5. The summed E-state index contributed by atoms with van der Waals surface area (Å²) < 4.78 is 0. The van der Waals surface area contributed by atoms with E-state index in [2.05, 4.69) is 0 Å². The SMILES string of the molecule is OC1CCC(C2CCC(C3CCC(C4CCCCC4)CC3)CC2)CC1. The minimum atomic E-state index is 0.0203. The molecule has 1 nitrogen and oxygen atoms in total. The Morgan fingerprint density at radius 2 is 0.600 bits per heavy atom. The van der Waals surface area contributed by atoms with Gasteiger partial charge in [0, 0.05) is 0 Å². The Bertz CT molecular complexity index is 375. The molecule has 4 aliphatic carbocycles. The lowest BCUT2D eigenvalue weighted by Crippen LogP contribution is -2.31. The van der Waals surface area contributed by atoms with Crippen LogP contribution in [0.25, 0.3) is 0 Å². The molecule has 0 unspecified atom stereocenters. The Balaban J connectivity index is 1.18. The molecule has 1 N–H and O–H groups in total. The predicted octanol–water partition coefficient (Wildman–Crippen LogP) is 6.73. The maximum Gasteiger partial charge on any atom is 0.0540 e. The van der Waals surface area contributed by atoms with Crippen LogP contribution in [-0.2, 0) is 0 Å². The van der Waals surface area contributed by atoms with E-state index in [-0.39, 0.29) is 6.10 Å². The van der Waals surface area contributed by atoms with Gasteiger partial charge in [-0.15, -0.1) is 0 Å². The summed E-state index contributed by atoms with van der Waals surface area (Å²) in [5.74, 6) is 6.30. The lowest BCUT2D eigenvalue weighted by molar-refractivity contribution is 0.0633. The molecule has 4 fully saturated rings. The van der Waals surface area contributed by atoms with Gasteiger partial charge in [0.2, 0.25) is 0 Å². The van der Waals surface area contributed by atoms with Gasteiger partial charge >= 0.3 is 0 Å². The van der Waals surface area contributed by atoms with Gasteiger partial charge in [0.05, 0.1) is 6.10 Å². The van der Waals surface area contributed by atoms with Gasteiger partial charge in [0.15, 0.2) is 0 Å². The summed E-state index contributed by atoms with van der Waals surface area (Å²) in [7, 11) is 0. The van der Waals surface area contributed by atoms with E-state index in [0.29, 0.717) is 0 Å². The lowest BCUT2D eigenvalue weighted by Gasteiger charge is -2.42. The van der Waals surface area contributed by atoms with Crippen LogP contribution >= 0.6 is 0 Å². The molecule has 4 aliphatic rings. The number of hydrogen-bond donors (Lipinski definition) is 1. The van der Waals surface area contributed by atoms with Crippen LogP contribution in [0, 0.1) is 35.5 Å². The van der Waals surface area contributed by atoms with E-state index in [9.17, 15) is 5.11 Å². The topological polar surface area (TPSA) is 20.2 Å². The van der Waals surface area contributed by atoms with Gasteiger partial charge in [-0.2, -0.15) is 0 Å². The first-order chi connectivity index (χ1) is 12.3. The third kappa shape index (κ3) is 4.63. The molecule has 0 aromatic heterocycles. The van der Waals surface area contributed by atoms with Crippen molar-refractivity contribution in [3.63, 3.8) is 0 Å². The molecule has 25 heavy (non-hydrogen) atoms. The second kappa shape index (κ2) is 8.77. The predicted molar refractivity (Wildman–Crippen MR) is 105 cm³/mol. The maximum atomic E-state index is 9.75.